The molecule has 128 valence electrons. The van der Waals surface area contributed by atoms with Gasteiger partial charge in [-0.2, -0.15) is 0 Å². The molecule has 1 heterocycles. The normalized spacial score (nSPS) is 10.7. The van der Waals surface area contributed by atoms with Gasteiger partial charge in [0.15, 0.2) is 5.16 Å². The number of benzene rings is 2. The molecule has 3 aromatic rings. The average molecular weight is 351 g/mol. The quantitative estimate of drug-likeness (QED) is 0.647. The molecular weight excluding hydrogens is 330 g/mol. The summed E-state index contributed by atoms with van der Waals surface area (Å²) < 4.78 is 2.12. The van der Waals surface area contributed by atoms with E-state index in [2.05, 4.69) is 28.6 Å². The highest BCUT2D eigenvalue weighted by Crippen LogP contribution is 2.25. The van der Waals surface area contributed by atoms with Gasteiger partial charge in [0.2, 0.25) is 0 Å². The third-order valence-corrected chi connectivity index (χ3v) is 4.99. The first-order chi connectivity index (χ1) is 12.1. The van der Waals surface area contributed by atoms with Gasteiger partial charge in [0.05, 0.1) is 5.69 Å². The summed E-state index contributed by atoms with van der Waals surface area (Å²) >= 11 is 1.69. The van der Waals surface area contributed by atoms with Gasteiger partial charge in [-0.25, -0.2) is 4.98 Å². The Labute approximate surface area is 152 Å². The minimum absolute atomic E-state index is 0.0225. The maximum atomic E-state index is 11.9. The lowest BCUT2D eigenvalue weighted by atomic mass is 10.1. The molecule has 0 atom stereocenters. The van der Waals surface area contributed by atoms with Crippen LogP contribution >= 0.6 is 11.8 Å². The van der Waals surface area contributed by atoms with Gasteiger partial charge in [-0.1, -0.05) is 42.1 Å². The zero-order valence-electron chi connectivity index (χ0n) is 14.6. The number of para-hydroxylation sites is 1. The van der Waals surface area contributed by atoms with E-state index < -0.39 is 0 Å². The molecule has 0 radical (unpaired) electrons. The van der Waals surface area contributed by atoms with E-state index in [1.165, 1.54) is 11.1 Å². The highest BCUT2D eigenvalue weighted by atomic mass is 32.2. The number of amides is 1. The summed E-state index contributed by atoms with van der Waals surface area (Å²) in [7, 11) is 3.52. The van der Waals surface area contributed by atoms with Crippen molar-refractivity contribution >= 4 is 17.7 Å². The monoisotopic (exact) mass is 351 g/mol. The lowest BCUT2D eigenvalue weighted by molar-refractivity contribution is 0.0827. The Kier molecular flexibility index (Phi) is 5.24. The van der Waals surface area contributed by atoms with Crippen molar-refractivity contribution in [2.75, 3.05) is 14.1 Å². The fourth-order valence-electron chi connectivity index (χ4n) is 2.56. The van der Waals surface area contributed by atoms with Crippen LogP contribution in [0.5, 0.6) is 0 Å². The van der Waals surface area contributed by atoms with Gasteiger partial charge >= 0.3 is 0 Å². The maximum Gasteiger partial charge on any atom is 0.253 e. The van der Waals surface area contributed by atoms with Gasteiger partial charge in [0.1, 0.15) is 0 Å². The predicted molar refractivity (Wildman–Crippen MR) is 102 cm³/mol. The molecule has 0 aliphatic carbocycles. The highest BCUT2D eigenvalue weighted by Gasteiger charge is 2.10. The second kappa shape index (κ2) is 7.57. The summed E-state index contributed by atoms with van der Waals surface area (Å²) in [5, 5.41) is 0.961. The molecule has 0 fully saturated rings. The van der Waals surface area contributed by atoms with Gasteiger partial charge < -0.3 is 4.90 Å². The largest absolute Gasteiger partial charge is 0.345 e. The molecule has 3 rings (SSSR count). The fraction of sp³-hybridized carbons (Fsp3) is 0.200. The van der Waals surface area contributed by atoms with Crippen molar-refractivity contribution in [3.05, 3.63) is 77.6 Å². The zero-order chi connectivity index (χ0) is 17.8. The molecule has 5 heteroatoms. The van der Waals surface area contributed by atoms with Crippen LogP contribution in [-0.4, -0.2) is 34.5 Å². The van der Waals surface area contributed by atoms with Crippen molar-refractivity contribution in [3.63, 3.8) is 0 Å². The van der Waals surface area contributed by atoms with Crippen LogP contribution in [0.4, 0.5) is 0 Å². The number of hydrogen-bond acceptors (Lipinski definition) is 3. The summed E-state index contributed by atoms with van der Waals surface area (Å²) in [6, 6.07) is 16.1. The van der Waals surface area contributed by atoms with Crippen LogP contribution in [0.1, 0.15) is 21.5 Å². The number of hydrogen-bond donors (Lipinski definition) is 0. The molecule has 0 saturated carbocycles. The number of nitrogens with zero attached hydrogens (tertiary/aromatic N) is 3. The molecule has 0 N–H and O–H groups in total. The second-order valence-electron chi connectivity index (χ2n) is 6.05. The Bertz CT molecular complexity index is 869. The Morgan fingerprint density at radius 2 is 1.84 bits per heavy atom. The lowest BCUT2D eigenvalue weighted by Gasteiger charge is -2.11. The van der Waals surface area contributed by atoms with Gasteiger partial charge in [-0.15, -0.1) is 0 Å². The maximum absolute atomic E-state index is 11.9. The Morgan fingerprint density at radius 3 is 2.52 bits per heavy atom. The summed E-state index contributed by atoms with van der Waals surface area (Å²) in [4.78, 5) is 18.0. The number of imidazole rings is 1. The first-order valence-corrected chi connectivity index (χ1v) is 9.07. The summed E-state index contributed by atoms with van der Waals surface area (Å²) in [6.45, 7) is 2.10. The molecule has 0 unspecified atom stereocenters. The van der Waals surface area contributed by atoms with Crippen molar-refractivity contribution in [1.82, 2.24) is 14.5 Å². The van der Waals surface area contributed by atoms with Gasteiger partial charge in [0, 0.05) is 37.8 Å². The van der Waals surface area contributed by atoms with Crippen LogP contribution in [0.25, 0.3) is 5.69 Å². The standard InChI is InChI=1S/C20H21N3OS/c1-15-6-4-5-7-18(15)23-13-12-21-20(23)25-14-16-8-10-17(11-9-16)19(24)22(2)3/h4-13H,14H2,1-3H3. The SMILES string of the molecule is Cc1ccccc1-n1ccnc1SCc1ccc(C(=O)N(C)C)cc1. The van der Waals surface area contributed by atoms with Crippen LogP contribution in [0, 0.1) is 6.92 Å². The minimum atomic E-state index is 0.0225. The predicted octanol–water partition coefficient (Wildman–Crippen LogP) is 4.17. The molecule has 1 aromatic heterocycles. The number of carbonyl (C=O) groups is 1. The van der Waals surface area contributed by atoms with E-state index in [9.17, 15) is 4.79 Å². The molecular formula is C20H21N3OS. The van der Waals surface area contributed by atoms with Crippen LogP contribution in [-0.2, 0) is 5.75 Å². The molecule has 0 aliphatic heterocycles. The lowest BCUT2D eigenvalue weighted by Crippen LogP contribution is -2.21. The van der Waals surface area contributed by atoms with Crippen molar-refractivity contribution in [3.8, 4) is 5.69 Å². The number of thioether (sulfide) groups is 1. The third kappa shape index (κ3) is 3.94. The number of aryl methyl sites for hydroxylation is 1. The fourth-order valence-corrected chi connectivity index (χ4v) is 3.49. The molecule has 0 spiro atoms. The van der Waals surface area contributed by atoms with E-state index in [-0.39, 0.29) is 5.91 Å². The average Bonchev–Trinajstić information content (AvgIpc) is 3.08. The summed E-state index contributed by atoms with van der Waals surface area (Å²) in [5.41, 5.74) is 4.24. The molecule has 25 heavy (non-hydrogen) atoms. The van der Waals surface area contributed by atoms with E-state index in [1.807, 2.05) is 48.8 Å². The second-order valence-corrected chi connectivity index (χ2v) is 6.99. The number of rotatable bonds is 5. The molecule has 0 bridgehead atoms. The van der Waals surface area contributed by atoms with Crippen LogP contribution in [0.3, 0.4) is 0 Å². The molecule has 0 aliphatic rings. The van der Waals surface area contributed by atoms with Crippen LogP contribution < -0.4 is 0 Å². The van der Waals surface area contributed by atoms with Crippen molar-refractivity contribution in [2.24, 2.45) is 0 Å². The van der Waals surface area contributed by atoms with Gasteiger partial charge in [0.25, 0.3) is 5.91 Å². The van der Waals surface area contributed by atoms with Crippen molar-refractivity contribution < 1.29 is 4.79 Å². The van der Waals surface area contributed by atoms with E-state index in [1.54, 1.807) is 30.8 Å². The van der Waals surface area contributed by atoms with Crippen molar-refractivity contribution in [1.29, 1.82) is 0 Å². The minimum Gasteiger partial charge on any atom is -0.345 e. The first kappa shape index (κ1) is 17.3. The van der Waals surface area contributed by atoms with Crippen LogP contribution in [0.15, 0.2) is 66.1 Å². The smallest absolute Gasteiger partial charge is 0.253 e. The Hall–Kier alpha value is -2.53. The summed E-state index contributed by atoms with van der Waals surface area (Å²) in [5.74, 6) is 0.827. The topological polar surface area (TPSA) is 38.1 Å². The zero-order valence-corrected chi connectivity index (χ0v) is 15.5. The molecule has 4 nitrogen and oxygen atoms in total. The van der Waals surface area contributed by atoms with E-state index in [4.69, 9.17) is 0 Å². The van der Waals surface area contributed by atoms with E-state index in [0.29, 0.717) is 5.56 Å². The molecule has 0 saturated heterocycles. The number of carbonyl (C=O) groups excluding carboxylic acids is 1. The third-order valence-electron chi connectivity index (χ3n) is 3.96. The van der Waals surface area contributed by atoms with E-state index in [0.717, 1.165) is 16.6 Å². The number of aromatic nitrogens is 2. The Morgan fingerprint density at radius 1 is 1.12 bits per heavy atom. The van der Waals surface area contributed by atoms with Gasteiger partial charge in [-0.3, -0.25) is 9.36 Å². The van der Waals surface area contributed by atoms with Crippen molar-refractivity contribution in [2.45, 2.75) is 17.8 Å². The summed E-state index contributed by atoms with van der Waals surface area (Å²) in [6.07, 6.45) is 3.82. The first-order valence-electron chi connectivity index (χ1n) is 8.09. The molecule has 1 amide bonds. The van der Waals surface area contributed by atoms with Crippen LogP contribution in [0.2, 0.25) is 0 Å². The molecule has 2 aromatic carbocycles. The van der Waals surface area contributed by atoms with Gasteiger partial charge in [-0.05, 0) is 36.2 Å². The Balaban J connectivity index is 1.72. The van der Waals surface area contributed by atoms with E-state index >= 15 is 0 Å². The highest BCUT2D eigenvalue weighted by molar-refractivity contribution is 7.98.